The van der Waals surface area contributed by atoms with Gasteiger partial charge < -0.3 is 5.32 Å². The second-order valence-corrected chi connectivity index (χ2v) is 5.97. The van der Waals surface area contributed by atoms with E-state index in [-0.39, 0.29) is 6.04 Å². The number of allylic oxidation sites excluding steroid dienone is 1. The monoisotopic (exact) mass is 360 g/mol. The summed E-state index contributed by atoms with van der Waals surface area (Å²) in [6.07, 6.45) is 5.15. The van der Waals surface area contributed by atoms with Gasteiger partial charge in [0.05, 0.1) is 11.7 Å². The number of hydrogen-bond acceptors (Lipinski definition) is 2. The number of rotatable bonds is 5. The molecule has 0 fully saturated rings. The predicted octanol–water partition coefficient (Wildman–Crippen LogP) is 4.61. The zero-order valence-corrected chi connectivity index (χ0v) is 13.6. The number of hydrogen-bond donors (Lipinski definition) is 1. The fourth-order valence-corrected chi connectivity index (χ4v) is 2.76. The highest BCUT2D eigenvalue weighted by molar-refractivity contribution is 9.11. The molecule has 0 aliphatic carbocycles. The summed E-state index contributed by atoms with van der Waals surface area (Å²) in [6, 6.07) is 2.20. The van der Waals surface area contributed by atoms with Crippen LogP contribution in [0, 0.1) is 0 Å². The molecule has 0 radical (unpaired) electrons. The van der Waals surface area contributed by atoms with E-state index in [1.807, 2.05) is 12.3 Å². The van der Waals surface area contributed by atoms with E-state index in [1.165, 1.54) is 5.57 Å². The molecule has 1 heterocycles. The molecule has 1 N–H and O–H groups in total. The second kappa shape index (κ2) is 7.29. The van der Waals surface area contributed by atoms with Gasteiger partial charge in [0.25, 0.3) is 0 Å². The van der Waals surface area contributed by atoms with E-state index in [4.69, 9.17) is 0 Å². The molecule has 0 saturated heterocycles. The largest absolute Gasteiger partial charge is 0.305 e. The van der Waals surface area contributed by atoms with Crippen LogP contribution in [0.5, 0.6) is 0 Å². The molecule has 1 aromatic rings. The first kappa shape index (κ1) is 14.9. The second-order valence-electron chi connectivity index (χ2n) is 4.20. The van der Waals surface area contributed by atoms with Crippen molar-refractivity contribution in [2.45, 2.75) is 33.2 Å². The molecule has 0 spiro atoms. The molecule has 0 amide bonds. The Bertz CT molecular complexity index is 398. The Balaban J connectivity index is 2.99. The molecule has 4 heteroatoms. The molecule has 0 aliphatic rings. The first-order chi connectivity index (χ1) is 8.04. The molecular formula is C13H18Br2N2. The number of halogens is 2. The van der Waals surface area contributed by atoms with E-state index in [0.29, 0.717) is 0 Å². The topological polar surface area (TPSA) is 24.9 Å². The molecule has 0 aromatic carbocycles. The summed E-state index contributed by atoms with van der Waals surface area (Å²) in [5.74, 6) is 0. The number of nitrogens with zero attached hydrogens (tertiary/aromatic N) is 1. The zero-order valence-electron chi connectivity index (χ0n) is 10.4. The van der Waals surface area contributed by atoms with Gasteiger partial charge in [0.2, 0.25) is 0 Å². The van der Waals surface area contributed by atoms with Crippen LogP contribution in [0.2, 0.25) is 0 Å². The van der Waals surface area contributed by atoms with Gasteiger partial charge in [-0.1, -0.05) is 18.6 Å². The Hall–Kier alpha value is -0.190. The van der Waals surface area contributed by atoms with E-state index in [2.05, 4.69) is 69.0 Å². The maximum atomic E-state index is 4.48. The van der Waals surface area contributed by atoms with Crippen molar-refractivity contribution in [3.63, 3.8) is 0 Å². The minimum absolute atomic E-state index is 0.169. The van der Waals surface area contributed by atoms with Crippen molar-refractivity contribution < 1.29 is 0 Å². The molecule has 1 atom stereocenters. The van der Waals surface area contributed by atoms with Crippen molar-refractivity contribution in [2.75, 3.05) is 6.54 Å². The van der Waals surface area contributed by atoms with Crippen LogP contribution in [0.25, 0.3) is 0 Å². The molecular weight excluding hydrogens is 344 g/mol. The van der Waals surface area contributed by atoms with Crippen molar-refractivity contribution >= 4 is 31.9 Å². The van der Waals surface area contributed by atoms with Gasteiger partial charge in [-0.2, -0.15) is 0 Å². The minimum atomic E-state index is 0.169. The van der Waals surface area contributed by atoms with E-state index >= 15 is 0 Å². The lowest BCUT2D eigenvalue weighted by atomic mass is 10.1. The third kappa shape index (κ3) is 4.90. The summed E-state index contributed by atoms with van der Waals surface area (Å²) in [5.41, 5.74) is 2.32. The molecule has 17 heavy (non-hydrogen) atoms. The highest BCUT2D eigenvalue weighted by Gasteiger charge is 2.13. The summed E-state index contributed by atoms with van der Waals surface area (Å²) in [6.45, 7) is 7.36. The van der Waals surface area contributed by atoms with Gasteiger partial charge >= 0.3 is 0 Å². The summed E-state index contributed by atoms with van der Waals surface area (Å²) in [4.78, 5) is 4.48. The van der Waals surface area contributed by atoms with Crippen LogP contribution in [-0.2, 0) is 0 Å². The van der Waals surface area contributed by atoms with Crippen LogP contribution < -0.4 is 5.32 Å². The number of pyridine rings is 1. The summed E-state index contributed by atoms with van der Waals surface area (Å²) in [7, 11) is 0. The molecule has 94 valence electrons. The fourth-order valence-electron chi connectivity index (χ4n) is 1.52. The smallest absolute Gasteiger partial charge is 0.0755 e. The van der Waals surface area contributed by atoms with Gasteiger partial charge in [0.1, 0.15) is 0 Å². The Morgan fingerprint density at radius 1 is 1.47 bits per heavy atom. The maximum absolute atomic E-state index is 4.48. The van der Waals surface area contributed by atoms with Gasteiger partial charge in [-0.05, 0) is 64.7 Å². The summed E-state index contributed by atoms with van der Waals surface area (Å²) >= 11 is 6.99. The van der Waals surface area contributed by atoms with Gasteiger partial charge in [0, 0.05) is 15.1 Å². The SMILES string of the molecule is CCCNC(C=C(C)C)c1ncc(Br)cc1Br. The lowest BCUT2D eigenvalue weighted by Crippen LogP contribution is -2.22. The van der Waals surface area contributed by atoms with Crippen molar-refractivity contribution in [1.29, 1.82) is 0 Å². The van der Waals surface area contributed by atoms with Crippen LogP contribution in [0.1, 0.15) is 38.9 Å². The lowest BCUT2D eigenvalue weighted by Gasteiger charge is -2.16. The Morgan fingerprint density at radius 3 is 2.71 bits per heavy atom. The van der Waals surface area contributed by atoms with Crippen molar-refractivity contribution in [1.82, 2.24) is 10.3 Å². The van der Waals surface area contributed by atoms with Crippen LogP contribution in [0.15, 0.2) is 32.9 Å². The zero-order chi connectivity index (χ0) is 12.8. The highest BCUT2D eigenvalue weighted by Crippen LogP contribution is 2.26. The first-order valence-electron chi connectivity index (χ1n) is 5.74. The minimum Gasteiger partial charge on any atom is -0.305 e. The molecule has 0 bridgehead atoms. The normalized spacial score (nSPS) is 12.3. The molecule has 0 saturated carbocycles. The number of aromatic nitrogens is 1. The first-order valence-corrected chi connectivity index (χ1v) is 7.32. The molecule has 1 aromatic heterocycles. The average Bonchev–Trinajstić information content (AvgIpc) is 2.24. The molecule has 2 nitrogen and oxygen atoms in total. The maximum Gasteiger partial charge on any atom is 0.0755 e. The Morgan fingerprint density at radius 2 is 2.18 bits per heavy atom. The van der Waals surface area contributed by atoms with Crippen molar-refractivity contribution in [2.24, 2.45) is 0 Å². The summed E-state index contributed by atoms with van der Waals surface area (Å²) < 4.78 is 2.01. The van der Waals surface area contributed by atoms with Crippen LogP contribution >= 0.6 is 31.9 Å². The van der Waals surface area contributed by atoms with E-state index < -0.39 is 0 Å². The van der Waals surface area contributed by atoms with Gasteiger partial charge in [-0.25, -0.2) is 0 Å². The lowest BCUT2D eigenvalue weighted by molar-refractivity contribution is 0.596. The standard InChI is InChI=1S/C13H18Br2N2/c1-4-5-16-12(6-9(2)3)13-11(15)7-10(14)8-17-13/h6-8,12,16H,4-5H2,1-3H3. The molecule has 0 aliphatic heterocycles. The van der Waals surface area contributed by atoms with Gasteiger partial charge in [-0.15, -0.1) is 0 Å². The fraction of sp³-hybridized carbons (Fsp3) is 0.462. The Labute approximate surface area is 120 Å². The molecule has 1 rings (SSSR count). The van der Waals surface area contributed by atoms with Crippen LogP contribution in [0.4, 0.5) is 0 Å². The van der Waals surface area contributed by atoms with Gasteiger partial charge in [0.15, 0.2) is 0 Å². The summed E-state index contributed by atoms with van der Waals surface area (Å²) in [5, 5.41) is 3.49. The van der Waals surface area contributed by atoms with Crippen molar-refractivity contribution in [3.8, 4) is 0 Å². The van der Waals surface area contributed by atoms with Crippen LogP contribution in [0.3, 0.4) is 0 Å². The van der Waals surface area contributed by atoms with Crippen LogP contribution in [-0.4, -0.2) is 11.5 Å². The molecule has 1 unspecified atom stereocenters. The Kier molecular flexibility index (Phi) is 6.38. The van der Waals surface area contributed by atoms with E-state index in [9.17, 15) is 0 Å². The van der Waals surface area contributed by atoms with E-state index in [0.717, 1.165) is 27.6 Å². The quantitative estimate of drug-likeness (QED) is 0.774. The van der Waals surface area contributed by atoms with Gasteiger partial charge in [-0.3, -0.25) is 4.98 Å². The third-order valence-corrected chi connectivity index (χ3v) is 3.31. The predicted molar refractivity (Wildman–Crippen MR) is 80.1 cm³/mol. The highest BCUT2D eigenvalue weighted by atomic mass is 79.9. The van der Waals surface area contributed by atoms with Crippen molar-refractivity contribution in [3.05, 3.63) is 38.6 Å². The number of nitrogens with one attached hydrogen (secondary N) is 1. The van der Waals surface area contributed by atoms with E-state index in [1.54, 1.807) is 0 Å². The third-order valence-electron chi connectivity index (χ3n) is 2.25. The average molecular weight is 362 g/mol.